The number of benzene rings is 11. The van der Waals surface area contributed by atoms with Gasteiger partial charge in [-0.25, -0.2) is 0 Å². The lowest BCUT2D eigenvalue weighted by molar-refractivity contribution is 1.18. The van der Waals surface area contributed by atoms with E-state index in [-0.39, 0.29) is 0 Å². The fourth-order valence-corrected chi connectivity index (χ4v) is 13.2. The predicted molar refractivity (Wildman–Crippen MR) is 283 cm³/mol. The summed E-state index contributed by atoms with van der Waals surface area (Å²) < 4.78 is 7.81. The van der Waals surface area contributed by atoms with E-state index in [9.17, 15) is 0 Å². The lowest BCUT2D eigenvalue weighted by atomic mass is 9.86. The molecule has 0 amide bonds. The molecule has 0 aliphatic carbocycles. The van der Waals surface area contributed by atoms with E-state index in [1.54, 1.807) is 0 Å². The molecule has 65 heavy (non-hydrogen) atoms. The molecule has 14 aromatic rings. The first kappa shape index (κ1) is 36.6. The summed E-state index contributed by atoms with van der Waals surface area (Å²) in [5.41, 5.74) is 13.5. The molecule has 0 bridgehead atoms. The maximum absolute atomic E-state index is 2.51. The predicted octanol–water partition coefficient (Wildman–Crippen LogP) is 18.5. The lowest BCUT2D eigenvalue weighted by Gasteiger charge is -2.18. The number of rotatable bonds is 5. The zero-order valence-corrected chi connectivity index (χ0v) is 36.8. The first-order chi connectivity index (χ1) is 32.2. The van der Waals surface area contributed by atoms with E-state index >= 15 is 0 Å². The van der Waals surface area contributed by atoms with Crippen molar-refractivity contribution in [2.45, 2.75) is 0 Å². The van der Waals surface area contributed by atoms with Crippen LogP contribution in [-0.2, 0) is 0 Å². The van der Waals surface area contributed by atoms with E-state index in [2.05, 4.69) is 229 Å². The van der Waals surface area contributed by atoms with E-state index in [0.717, 1.165) is 5.69 Å². The SMILES string of the molecule is c1ccc(-c2c3ccccc3c(-c3ccc(-n4c5cc(-c6cccc7c6sc6ccccc67)ccc5c5ccc(-c6cccc7c6sc6ccccc67)cc54)cc3)c3ccccc23)cc1. The van der Waals surface area contributed by atoms with Crippen LogP contribution in [0.15, 0.2) is 224 Å². The largest absolute Gasteiger partial charge is 0.309 e. The van der Waals surface area contributed by atoms with Gasteiger partial charge >= 0.3 is 0 Å². The summed E-state index contributed by atoms with van der Waals surface area (Å²) in [6.45, 7) is 0. The second-order valence-electron chi connectivity index (χ2n) is 17.1. The van der Waals surface area contributed by atoms with Crippen LogP contribution in [0.4, 0.5) is 0 Å². The first-order valence-corrected chi connectivity index (χ1v) is 23.9. The molecule has 3 aromatic heterocycles. The maximum Gasteiger partial charge on any atom is 0.0547 e. The molecule has 1 nitrogen and oxygen atoms in total. The molecule has 3 heteroatoms. The van der Waals surface area contributed by atoms with Crippen molar-refractivity contribution in [1.82, 2.24) is 4.57 Å². The number of fused-ring (bicyclic) bond motifs is 11. The normalized spacial score (nSPS) is 12.0. The van der Waals surface area contributed by atoms with Gasteiger partial charge in [0.2, 0.25) is 0 Å². The minimum Gasteiger partial charge on any atom is -0.309 e. The molecule has 0 aliphatic rings. The molecule has 0 aliphatic heterocycles. The number of hydrogen-bond acceptors (Lipinski definition) is 2. The molecular weight excluding hydrogens is 823 g/mol. The van der Waals surface area contributed by atoms with Gasteiger partial charge in [0.25, 0.3) is 0 Å². The van der Waals surface area contributed by atoms with Crippen LogP contribution in [0.1, 0.15) is 0 Å². The van der Waals surface area contributed by atoms with Crippen LogP contribution in [0, 0.1) is 0 Å². The Morgan fingerprint density at radius 2 is 0.646 bits per heavy atom. The van der Waals surface area contributed by atoms with Crippen molar-refractivity contribution >= 4 is 106 Å². The van der Waals surface area contributed by atoms with E-state index in [1.807, 2.05) is 22.7 Å². The Morgan fingerprint density at radius 3 is 1.12 bits per heavy atom. The second-order valence-corrected chi connectivity index (χ2v) is 19.2. The second kappa shape index (κ2) is 14.4. The van der Waals surface area contributed by atoms with Crippen molar-refractivity contribution in [3.05, 3.63) is 224 Å². The van der Waals surface area contributed by atoms with Gasteiger partial charge in [-0.15, -0.1) is 22.7 Å². The quantitative estimate of drug-likeness (QED) is 0.152. The molecular formula is C62H37NS2. The highest BCUT2D eigenvalue weighted by atomic mass is 32.1. The van der Waals surface area contributed by atoms with Crippen molar-refractivity contribution in [3.8, 4) is 50.2 Å². The Bertz CT molecular complexity index is 4000. The number of aromatic nitrogens is 1. The minimum atomic E-state index is 1.14. The van der Waals surface area contributed by atoms with E-state index in [0.29, 0.717) is 0 Å². The molecule has 0 fully saturated rings. The van der Waals surface area contributed by atoms with Crippen molar-refractivity contribution in [1.29, 1.82) is 0 Å². The molecule has 14 rings (SSSR count). The summed E-state index contributed by atoms with van der Waals surface area (Å²) >= 11 is 3.78. The van der Waals surface area contributed by atoms with Crippen molar-refractivity contribution < 1.29 is 0 Å². The van der Waals surface area contributed by atoms with Crippen LogP contribution in [0.5, 0.6) is 0 Å². The fraction of sp³-hybridized carbons (Fsp3) is 0. The number of nitrogens with zero attached hydrogens (tertiary/aromatic N) is 1. The molecule has 0 saturated carbocycles. The van der Waals surface area contributed by atoms with Crippen LogP contribution in [0.3, 0.4) is 0 Å². The Morgan fingerprint density at radius 1 is 0.262 bits per heavy atom. The summed E-state index contributed by atoms with van der Waals surface area (Å²) in [4.78, 5) is 0. The van der Waals surface area contributed by atoms with Gasteiger partial charge in [-0.05, 0) is 102 Å². The van der Waals surface area contributed by atoms with Gasteiger partial charge in [-0.3, -0.25) is 0 Å². The Balaban J connectivity index is 1.000. The van der Waals surface area contributed by atoms with Crippen LogP contribution < -0.4 is 0 Å². The van der Waals surface area contributed by atoms with Gasteiger partial charge in [0.15, 0.2) is 0 Å². The third-order valence-electron chi connectivity index (χ3n) is 13.6. The molecule has 0 N–H and O–H groups in total. The Kier molecular flexibility index (Phi) is 8.09. The maximum atomic E-state index is 2.51. The highest BCUT2D eigenvalue weighted by Gasteiger charge is 2.20. The van der Waals surface area contributed by atoms with Gasteiger partial charge in [0.1, 0.15) is 0 Å². The highest BCUT2D eigenvalue weighted by molar-refractivity contribution is 7.26. The molecule has 302 valence electrons. The van der Waals surface area contributed by atoms with Crippen molar-refractivity contribution in [2.75, 3.05) is 0 Å². The molecule has 11 aromatic carbocycles. The number of thiophene rings is 2. The third-order valence-corrected chi connectivity index (χ3v) is 16.0. The Labute approximate surface area is 383 Å². The summed E-state index contributed by atoms with van der Waals surface area (Å²) in [6.07, 6.45) is 0. The van der Waals surface area contributed by atoms with E-state index < -0.39 is 0 Å². The molecule has 0 spiro atoms. The number of hydrogen-bond donors (Lipinski definition) is 0. The topological polar surface area (TPSA) is 4.93 Å². The van der Waals surface area contributed by atoms with Gasteiger partial charge in [0, 0.05) is 56.8 Å². The molecule has 0 unspecified atom stereocenters. The van der Waals surface area contributed by atoms with Gasteiger partial charge in [-0.1, -0.05) is 188 Å². The van der Waals surface area contributed by atoms with Crippen LogP contribution in [-0.4, -0.2) is 4.57 Å². The smallest absolute Gasteiger partial charge is 0.0547 e. The van der Waals surface area contributed by atoms with Gasteiger partial charge in [-0.2, -0.15) is 0 Å². The molecule has 3 heterocycles. The first-order valence-electron chi connectivity index (χ1n) is 22.2. The van der Waals surface area contributed by atoms with Crippen LogP contribution in [0.25, 0.3) is 134 Å². The standard InChI is InChI=1S/C62H37NS2/c1-2-14-38(15-3-1)59-49-18-4-6-20-51(49)60(52-21-7-5-19-50(52)59)39-28-32-42(33-29-39)63-55-36-40(43-22-12-24-53-47-16-8-10-26-57(47)64-61(43)53)30-34-45(55)46-35-31-41(37-56(46)63)44-23-13-25-54-48-17-9-11-27-58(48)65-62(44)54/h1-37H. The third kappa shape index (κ3) is 5.56. The highest BCUT2D eigenvalue weighted by Crippen LogP contribution is 2.46. The summed E-state index contributed by atoms with van der Waals surface area (Å²) in [6, 6.07) is 83.4. The van der Waals surface area contributed by atoms with E-state index in [1.165, 1.54) is 128 Å². The van der Waals surface area contributed by atoms with Crippen LogP contribution >= 0.6 is 22.7 Å². The molecule has 0 saturated heterocycles. The van der Waals surface area contributed by atoms with E-state index in [4.69, 9.17) is 0 Å². The Hall–Kier alpha value is -7.82. The fourth-order valence-electron chi connectivity index (χ4n) is 10.7. The van der Waals surface area contributed by atoms with Crippen molar-refractivity contribution in [3.63, 3.8) is 0 Å². The average molecular weight is 860 g/mol. The molecule has 0 atom stereocenters. The summed E-state index contributed by atoms with van der Waals surface area (Å²) in [5.74, 6) is 0. The monoisotopic (exact) mass is 859 g/mol. The van der Waals surface area contributed by atoms with Gasteiger partial charge < -0.3 is 4.57 Å². The minimum absolute atomic E-state index is 1.14. The van der Waals surface area contributed by atoms with Crippen molar-refractivity contribution in [2.24, 2.45) is 0 Å². The molecule has 0 radical (unpaired) electrons. The zero-order valence-electron chi connectivity index (χ0n) is 35.1. The lowest BCUT2D eigenvalue weighted by Crippen LogP contribution is -1.95. The average Bonchev–Trinajstić information content (AvgIpc) is 4.05. The van der Waals surface area contributed by atoms with Crippen LogP contribution in [0.2, 0.25) is 0 Å². The summed E-state index contributed by atoms with van der Waals surface area (Å²) in [5, 5.41) is 12.8. The zero-order chi connectivity index (χ0) is 42.6. The van der Waals surface area contributed by atoms with Gasteiger partial charge in [0.05, 0.1) is 11.0 Å². The summed E-state index contributed by atoms with van der Waals surface area (Å²) in [7, 11) is 0.